The van der Waals surface area contributed by atoms with Crippen molar-refractivity contribution in [2.24, 2.45) is 0 Å². The summed E-state index contributed by atoms with van der Waals surface area (Å²) in [7, 11) is 0. The highest BCUT2D eigenvalue weighted by Crippen LogP contribution is 2.42. The van der Waals surface area contributed by atoms with Gasteiger partial charge in [-0.3, -0.25) is 0 Å². The summed E-state index contributed by atoms with van der Waals surface area (Å²) in [5.74, 6) is 0. The second kappa shape index (κ2) is 10.3. The highest BCUT2D eigenvalue weighted by atomic mass is 14.9. The van der Waals surface area contributed by atoms with Crippen molar-refractivity contribution < 1.29 is 0 Å². The zero-order chi connectivity index (χ0) is 25.9. The predicted molar refractivity (Wildman–Crippen MR) is 164 cm³/mol. The van der Waals surface area contributed by atoms with Crippen LogP contribution in [-0.4, -0.2) is 0 Å². The van der Waals surface area contributed by atoms with E-state index in [9.17, 15) is 0 Å². The van der Waals surface area contributed by atoms with Crippen LogP contribution in [0.4, 0.5) is 22.7 Å². The van der Waals surface area contributed by atoms with E-state index in [-0.39, 0.29) is 0 Å². The van der Waals surface area contributed by atoms with Gasteiger partial charge in [0.25, 0.3) is 0 Å². The lowest BCUT2D eigenvalue weighted by Crippen LogP contribution is -1.99. The molecule has 38 heavy (non-hydrogen) atoms. The van der Waals surface area contributed by atoms with Gasteiger partial charge in [-0.25, -0.2) is 0 Å². The fraction of sp³-hybridized carbons (Fsp3) is 0.0556. The minimum atomic E-state index is 1.08. The van der Waals surface area contributed by atoms with Crippen LogP contribution >= 0.6 is 0 Å². The van der Waals surface area contributed by atoms with Crippen molar-refractivity contribution in [1.82, 2.24) is 0 Å². The lowest BCUT2D eigenvalue weighted by Gasteiger charge is -2.21. The molecule has 0 heterocycles. The summed E-state index contributed by atoms with van der Waals surface area (Å²) in [6, 6.07) is 47.0. The third-order valence-corrected chi connectivity index (χ3v) is 7.16. The van der Waals surface area contributed by atoms with Crippen molar-refractivity contribution in [3.05, 3.63) is 145 Å². The molecule has 6 rings (SSSR count). The van der Waals surface area contributed by atoms with E-state index in [4.69, 9.17) is 0 Å². The van der Waals surface area contributed by atoms with E-state index in [1.165, 1.54) is 44.2 Å². The van der Waals surface area contributed by atoms with Crippen LogP contribution in [0.3, 0.4) is 0 Å². The van der Waals surface area contributed by atoms with Gasteiger partial charge in [0.1, 0.15) is 0 Å². The van der Waals surface area contributed by atoms with Gasteiger partial charge in [0.2, 0.25) is 0 Å². The van der Waals surface area contributed by atoms with Crippen LogP contribution in [0.5, 0.6) is 0 Å². The minimum Gasteiger partial charge on any atom is -0.356 e. The highest BCUT2D eigenvalue weighted by Gasteiger charge is 2.17. The Kier molecular flexibility index (Phi) is 6.37. The summed E-state index contributed by atoms with van der Waals surface area (Å²) in [5, 5.41) is 9.72. The summed E-state index contributed by atoms with van der Waals surface area (Å²) in [6.45, 7) is 4.44. The van der Waals surface area contributed by atoms with Gasteiger partial charge in [0.15, 0.2) is 0 Å². The Morgan fingerprint density at radius 2 is 1.08 bits per heavy atom. The molecule has 0 aliphatic rings. The van der Waals surface area contributed by atoms with E-state index < -0.39 is 0 Å². The van der Waals surface area contributed by atoms with Gasteiger partial charge in [-0.15, -0.1) is 0 Å². The first kappa shape index (κ1) is 23.6. The van der Waals surface area contributed by atoms with Gasteiger partial charge in [0, 0.05) is 28.3 Å². The summed E-state index contributed by atoms with van der Waals surface area (Å²) in [4.78, 5) is 0. The maximum Gasteiger partial charge on any atom is 0.0467 e. The Labute approximate surface area is 224 Å². The van der Waals surface area contributed by atoms with E-state index >= 15 is 0 Å². The number of fused-ring (bicyclic) bond motifs is 1. The zero-order valence-corrected chi connectivity index (χ0v) is 21.7. The quantitative estimate of drug-likeness (QED) is 0.243. The van der Waals surface area contributed by atoms with Crippen molar-refractivity contribution in [3.8, 4) is 22.3 Å². The van der Waals surface area contributed by atoms with Crippen LogP contribution in [0.1, 0.15) is 11.1 Å². The highest BCUT2D eigenvalue weighted by molar-refractivity contribution is 6.02. The largest absolute Gasteiger partial charge is 0.356 e. The van der Waals surface area contributed by atoms with E-state index in [2.05, 4.69) is 134 Å². The Morgan fingerprint density at radius 3 is 1.82 bits per heavy atom. The normalized spacial score (nSPS) is 10.9. The van der Waals surface area contributed by atoms with Gasteiger partial charge >= 0.3 is 0 Å². The summed E-state index contributed by atoms with van der Waals surface area (Å²) >= 11 is 0. The summed E-state index contributed by atoms with van der Waals surface area (Å²) in [5.41, 5.74) is 11.8. The topological polar surface area (TPSA) is 24.1 Å². The summed E-state index contributed by atoms with van der Waals surface area (Å²) < 4.78 is 0. The zero-order valence-electron chi connectivity index (χ0n) is 21.7. The molecule has 2 heteroatoms. The van der Waals surface area contributed by atoms with E-state index in [1.807, 2.05) is 24.3 Å². The maximum atomic E-state index is 3.70. The lowest BCUT2D eigenvalue weighted by atomic mass is 9.87. The van der Waals surface area contributed by atoms with Crippen LogP contribution in [-0.2, 0) is 0 Å². The molecule has 2 nitrogen and oxygen atoms in total. The number of rotatable bonds is 6. The molecule has 0 aliphatic heterocycles. The number of nitrogens with one attached hydrogen (secondary N) is 2. The second-order valence-electron chi connectivity index (χ2n) is 9.70. The molecule has 0 bridgehead atoms. The standard InChI is InChI=1S/C36H30N2/c1-25-24-30(37-28-14-5-3-6-15-28)20-21-31(25)32-22-23-35(38-29-16-7-4-8-17-29)36(26(32)2)34-19-11-13-27-12-9-10-18-33(27)34/h3-24,37-38H,1-2H3. The van der Waals surface area contributed by atoms with Crippen LogP contribution in [0, 0.1) is 13.8 Å². The van der Waals surface area contributed by atoms with Gasteiger partial charge in [-0.1, -0.05) is 91.0 Å². The van der Waals surface area contributed by atoms with Crippen molar-refractivity contribution in [2.45, 2.75) is 13.8 Å². The second-order valence-corrected chi connectivity index (χ2v) is 9.70. The fourth-order valence-electron chi connectivity index (χ4n) is 5.31. The van der Waals surface area contributed by atoms with Crippen LogP contribution < -0.4 is 10.6 Å². The fourth-order valence-corrected chi connectivity index (χ4v) is 5.31. The van der Waals surface area contributed by atoms with Crippen molar-refractivity contribution in [3.63, 3.8) is 0 Å². The van der Waals surface area contributed by atoms with Gasteiger partial charge in [-0.05, 0) is 94.9 Å². The van der Waals surface area contributed by atoms with Crippen LogP contribution in [0.2, 0.25) is 0 Å². The molecule has 0 fully saturated rings. The molecule has 0 unspecified atom stereocenters. The monoisotopic (exact) mass is 490 g/mol. The first-order chi connectivity index (χ1) is 18.7. The number of benzene rings is 6. The molecular formula is C36H30N2. The average molecular weight is 491 g/mol. The SMILES string of the molecule is Cc1cc(Nc2ccccc2)ccc1-c1ccc(Nc2ccccc2)c(-c2cccc3ccccc23)c1C. The van der Waals surface area contributed by atoms with Gasteiger partial charge in [0.05, 0.1) is 0 Å². The number of anilines is 4. The molecule has 184 valence electrons. The average Bonchev–Trinajstić information content (AvgIpc) is 2.95. The van der Waals surface area contributed by atoms with Crippen LogP contribution in [0.25, 0.3) is 33.0 Å². The van der Waals surface area contributed by atoms with Crippen molar-refractivity contribution in [1.29, 1.82) is 0 Å². The number of hydrogen-bond donors (Lipinski definition) is 2. The van der Waals surface area contributed by atoms with Gasteiger partial charge < -0.3 is 10.6 Å². The third kappa shape index (κ3) is 4.65. The lowest BCUT2D eigenvalue weighted by molar-refractivity contribution is 1.39. The van der Waals surface area contributed by atoms with Crippen molar-refractivity contribution in [2.75, 3.05) is 10.6 Å². The van der Waals surface area contributed by atoms with Crippen LogP contribution in [0.15, 0.2) is 133 Å². The van der Waals surface area contributed by atoms with Crippen molar-refractivity contribution >= 4 is 33.5 Å². The molecule has 6 aromatic rings. The number of aryl methyl sites for hydroxylation is 1. The Balaban J connectivity index is 1.48. The molecule has 0 radical (unpaired) electrons. The molecule has 0 amide bonds. The summed E-state index contributed by atoms with van der Waals surface area (Å²) in [6.07, 6.45) is 0. The molecule has 0 atom stereocenters. The molecule has 0 spiro atoms. The molecule has 0 saturated carbocycles. The molecule has 6 aromatic carbocycles. The Hall–Kier alpha value is -4.82. The molecule has 0 aromatic heterocycles. The molecular weight excluding hydrogens is 460 g/mol. The molecule has 2 N–H and O–H groups in total. The first-order valence-corrected chi connectivity index (χ1v) is 13.0. The predicted octanol–water partition coefficient (Wildman–Crippen LogP) is 10.3. The van der Waals surface area contributed by atoms with E-state index in [0.717, 1.165) is 22.7 Å². The number of hydrogen-bond acceptors (Lipinski definition) is 2. The van der Waals surface area contributed by atoms with E-state index in [1.54, 1.807) is 0 Å². The van der Waals surface area contributed by atoms with E-state index in [0.29, 0.717) is 0 Å². The first-order valence-electron chi connectivity index (χ1n) is 13.0. The maximum absolute atomic E-state index is 3.70. The Morgan fingerprint density at radius 1 is 0.447 bits per heavy atom. The smallest absolute Gasteiger partial charge is 0.0467 e. The number of para-hydroxylation sites is 2. The third-order valence-electron chi connectivity index (χ3n) is 7.16. The molecule has 0 aliphatic carbocycles. The Bertz CT molecular complexity index is 1710. The minimum absolute atomic E-state index is 1.08. The van der Waals surface area contributed by atoms with Gasteiger partial charge in [-0.2, -0.15) is 0 Å². The molecule has 0 saturated heterocycles.